The van der Waals surface area contributed by atoms with Crippen molar-refractivity contribution in [3.8, 4) is 11.3 Å². The minimum Gasteiger partial charge on any atom is -0.465 e. The zero-order valence-corrected chi connectivity index (χ0v) is 11.3. The highest BCUT2D eigenvalue weighted by Gasteiger charge is 2.11. The number of furan rings is 1. The molecule has 4 heteroatoms. The summed E-state index contributed by atoms with van der Waals surface area (Å²) in [5.41, 5.74) is 1.37. The predicted molar refractivity (Wildman–Crippen MR) is 78.4 cm³/mol. The Morgan fingerprint density at radius 2 is 2.00 bits per heavy atom. The Balaban J connectivity index is 2.12. The van der Waals surface area contributed by atoms with Crippen LogP contribution in [0.3, 0.4) is 0 Å². The third-order valence-electron chi connectivity index (χ3n) is 3.31. The van der Waals surface area contributed by atoms with Crippen LogP contribution in [0.5, 0.6) is 0 Å². The van der Waals surface area contributed by atoms with Crippen LogP contribution in [-0.2, 0) is 4.74 Å². The standard InChI is InChI=1S/C17H12O4/c1-20-17(19)15-4-2-3-11-9-12(5-7-14(11)15)16-8-6-13(10-18)21-16/h2-10H,1H3. The minimum absolute atomic E-state index is 0.286. The van der Waals surface area contributed by atoms with Gasteiger partial charge in [0, 0.05) is 5.56 Å². The molecule has 0 bridgehead atoms. The van der Waals surface area contributed by atoms with Gasteiger partial charge < -0.3 is 9.15 Å². The molecule has 0 N–H and O–H groups in total. The molecule has 0 aliphatic carbocycles. The number of carbonyl (C=O) groups excluding carboxylic acids is 2. The van der Waals surface area contributed by atoms with Gasteiger partial charge in [0.2, 0.25) is 0 Å². The first-order chi connectivity index (χ1) is 10.2. The average molecular weight is 280 g/mol. The Bertz CT molecular complexity index is 830. The lowest BCUT2D eigenvalue weighted by Crippen LogP contribution is -2.01. The van der Waals surface area contributed by atoms with Gasteiger partial charge in [0.25, 0.3) is 0 Å². The van der Waals surface area contributed by atoms with Crippen LogP contribution in [0.15, 0.2) is 52.9 Å². The molecule has 3 aromatic rings. The maximum absolute atomic E-state index is 11.7. The molecule has 3 rings (SSSR count). The van der Waals surface area contributed by atoms with Crippen LogP contribution in [0.25, 0.3) is 22.1 Å². The second-order valence-electron chi connectivity index (χ2n) is 4.55. The van der Waals surface area contributed by atoms with E-state index in [9.17, 15) is 9.59 Å². The number of ether oxygens (including phenoxy) is 1. The van der Waals surface area contributed by atoms with E-state index in [2.05, 4.69) is 0 Å². The summed E-state index contributed by atoms with van der Waals surface area (Å²) in [6, 6.07) is 14.4. The maximum atomic E-state index is 11.7. The minimum atomic E-state index is -0.366. The molecule has 0 spiro atoms. The molecular formula is C17H12O4. The Labute approximate surface area is 120 Å². The van der Waals surface area contributed by atoms with Crippen molar-refractivity contribution in [2.45, 2.75) is 0 Å². The monoisotopic (exact) mass is 280 g/mol. The SMILES string of the molecule is COC(=O)c1cccc2cc(-c3ccc(C=O)o3)ccc12. The first kappa shape index (κ1) is 13.1. The van der Waals surface area contributed by atoms with Crippen molar-refractivity contribution >= 4 is 23.0 Å². The summed E-state index contributed by atoms with van der Waals surface area (Å²) < 4.78 is 10.2. The van der Waals surface area contributed by atoms with Gasteiger partial charge in [-0.15, -0.1) is 0 Å². The summed E-state index contributed by atoms with van der Waals surface area (Å²) in [5.74, 6) is 0.533. The molecular weight excluding hydrogens is 268 g/mol. The Morgan fingerprint density at radius 1 is 1.14 bits per heavy atom. The summed E-state index contributed by atoms with van der Waals surface area (Å²) in [6.45, 7) is 0. The van der Waals surface area contributed by atoms with Crippen molar-refractivity contribution < 1.29 is 18.7 Å². The number of esters is 1. The highest BCUT2D eigenvalue weighted by Crippen LogP contribution is 2.27. The van der Waals surface area contributed by atoms with Gasteiger partial charge >= 0.3 is 5.97 Å². The third-order valence-corrected chi connectivity index (χ3v) is 3.31. The Kier molecular flexibility index (Phi) is 3.28. The maximum Gasteiger partial charge on any atom is 0.338 e. The fourth-order valence-electron chi connectivity index (χ4n) is 2.30. The van der Waals surface area contributed by atoms with E-state index in [4.69, 9.17) is 9.15 Å². The highest BCUT2D eigenvalue weighted by atomic mass is 16.5. The van der Waals surface area contributed by atoms with Crippen molar-refractivity contribution in [3.05, 3.63) is 59.9 Å². The van der Waals surface area contributed by atoms with Gasteiger partial charge in [0.1, 0.15) is 5.76 Å². The molecule has 0 aliphatic rings. The molecule has 0 aliphatic heterocycles. The van der Waals surface area contributed by atoms with Gasteiger partial charge in [-0.3, -0.25) is 4.79 Å². The van der Waals surface area contributed by atoms with Crippen molar-refractivity contribution in [2.24, 2.45) is 0 Å². The van der Waals surface area contributed by atoms with E-state index in [-0.39, 0.29) is 11.7 Å². The van der Waals surface area contributed by atoms with Crippen LogP contribution in [-0.4, -0.2) is 19.4 Å². The molecule has 1 aromatic heterocycles. The number of rotatable bonds is 3. The van der Waals surface area contributed by atoms with Crippen LogP contribution in [0.4, 0.5) is 0 Å². The van der Waals surface area contributed by atoms with Crippen LogP contribution in [0, 0.1) is 0 Å². The van der Waals surface area contributed by atoms with E-state index in [0.717, 1.165) is 16.3 Å². The number of hydrogen-bond donors (Lipinski definition) is 0. The molecule has 4 nitrogen and oxygen atoms in total. The molecule has 104 valence electrons. The van der Waals surface area contributed by atoms with Crippen LogP contribution in [0.1, 0.15) is 20.9 Å². The van der Waals surface area contributed by atoms with Gasteiger partial charge in [0.05, 0.1) is 12.7 Å². The van der Waals surface area contributed by atoms with Gasteiger partial charge in [-0.25, -0.2) is 4.79 Å². The first-order valence-electron chi connectivity index (χ1n) is 6.39. The molecule has 0 amide bonds. The fourth-order valence-corrected chi connectivity index (χ4v) is 2.30. The number of hydrogen-bond acceptors (Lipinski definition) is 4. The summed E-state index contributed by atoms with van der Waals surface area (Å²) in [4.78, 5) is 22.4. The summed E-state index contributed by atoms with van der Waals surface area (Å²) in [7, 11) is 1.36. The fraction of sp³-hybridized carbons (Fsp3) is 0.0588. The molecule has 1 heterocycles. The molecule has 0 unspecified atom stereocenters. The van der Waals surface area contributed by atoms with Crippen molar-refractivity contribution in [2.75, 3.05) is 7.11 Å². The molecule has 0 saturated heterocycles. The van der Waals surface area contributed by atoms with Gasteiger partial charge in [-0.1, -0.05) is 24.3 Å². The number of methoxy groups -OCH3 is 1. The second kappa shape index (κ2) is 5.25. The van der Waals surface area contributed by atoms with Crippen LogP contribution < -0.4 is 0 Å². The molecule has 2 aromatic carbocycles. The van der Waals surface area contributed by atoms with Gasteiger partial charge in [-0.05, 0) is 35.0 Å². The van der Waals surface area contributed by atoms with Crippen molar-refractivity contribution in [1.82, 2.24) is 0 Å². The Morgan fingerprint density at radius 3 is 2.71 bits per heavy atom. The smallest absolute Gasteiger partial charge is 0.338 e. The average Bonchev–Trinajstić information content (AvgIpc) is 3.02. The molecule has 0 fully saturated rings. The summed E-state index contributed by atoms with van der Waals surface area (Å²) >= 11 is 0. The van der Waals surface area contributed by atoms with Gasteiger partial charge in [-0.2, -0.15) is 0 Å². The zero-order valence-electron chi connectivity index (χ0n) is 11.3. The Hall–Kier alpha value is -2.88. The van der Waals surface area contributed by atoms with E-state index in [1.165, 1.54) is 7.11 Å². The van der Waals surface area contributed by atoms with E-state index < -0.39 is 0 Å². The quantitative estimate of drug-likeness (QED) is 0.542. The summed E-state index contributed by atoms with van der Waals surface area (Å²) in [6.07, 6.45) is 0.667. The lowest BCUT2D eigenvalue weighted by Gasteiger charge is -2.06. The number of carbonyl (C=O) groups is 2. The first-order valence-corrected chi connectivity index (χ1v) is 6.39. The predicted octanol–water partition coefficient (Wildman–Crippen LogP) is 3.70. The lowest BCUT2D eigenvalue weighted by atomic mass is 10.0. The van der Waals surface area contributed by atoms with Crippen molar-refractivity contribution in [3.63, 3.8) is 0 Å². The van der Waals surface area contributed by atoms with E-state index >= 15 is 0 Å². The third kappa shape index (κ3) is 2.31. The number of benzene rings is 2. The highest BCUT2D eigenvalue weighted by molar-refractivity contribution is 6.05. The largest absolute Gasteiger partial charge is 0.465 e. The molecule has 0 radical (unpaired) electrons. The molecule has 0 atom stereocenters. The normalized spacial score (nSPS) is 10.5. The van der Waals surface area contributed by atoms with Crippen LogP contribution >= 0.6 is 0 Å². The molecule has 0 saturated carbocycles. The zero-order chi connectivity index (χ0) is 14.8. The summed E-state index contributed by atoms with van der Waals surface area (Å²) in [5, 5.41) is 1.72. The topological polar surface area (TPSA) is 56.5 Å². The number of fused-ring (bicyclic) bond motifs is 1. The van der Waals surface area contributed by atoms with E-state index in [1.54, 1.807) is 24.3 Å². The van der Waals surface area contributed by atoms with Gasteiger partial charge in [0.15, 0.2) is 12.0 Å². The second-order valence-corrected chi connectivity index (χ2v) is 4.55. The lowest BCUT2D eigenvalue weighted by molar-refractivity contribution is 0.0603. The number of aldehydes is 1. The van der Waals surface area contributed by atoms with E-state index in [0.29, 0.717) is 17.6 Å². The van der Waals surface area contributed by atoms with Crippen LogP contribution in [0.2, 0.25) is 0 Å². The molecule has 21 heavy (non-hydrogen) atoms. The van der Waals surface area contributed by atoms with E-state index in [1.807, 2.05) is 24.3 Å². The van der Waals surface area contributed by atoms with Crippen molar-refractivity contribution in [1.29, 1.82) is 0 Å².